The van der Waals surface area contributed by atoms with E-state index in [-0.39, 0.29) is 6.10 Å². The van der Waals surface area contributed by atoms with Crippen LogP contribution in [0.15, 0.2) is 18.5 Å². The number of aromatic nitrogens is 1. The summed E-state index contributed by atoms with van der Waals surface area (Å²) < 4.78 is 0. The average molecular weight is 192 g/mol. The molecule has 0 unspecified atom stereocenters. The van der Waals surface area contributed by atoms with Gasteiger partial charge in [-0.15, -0.1) is 0 Å². The molecule has 1 aliphatic carbocycles. The second-order valence-corrected chi connectivity index (χ2v) is 4.06. The molecule has 0 amide bonds. The van der Waals surface area contributed by atoms with E-state index in [1.807, 2.05) is 19.2 Å². The molecule has 3 nitrogen and oxygen atoms in total. The molecule has 2 rings (SSSR count). The highest BCUT2D eigenvalue weighted by atomic mass is 16.3. The van der Waals surface area contributed by atoms with E-state index in [4.69, 9.17) is 5.11 Å². The standard InChI is InChI=1S/C11H16N2O/c1-8-6-12-3-2-11(8)13-7-9-4-10(14)5-9/h2-3,6,9-10,14H,4-5,7H2,1H3,(H,12,13). The van der Waals surface area contributed by atoms with Crippen molar-refractivity contribution >= 4 is 5.69 Å². The van der Waals surface area contributed by atoms with Crippen LogP contribution in [0.3, 0.4) is 0 Å². The number of rotatable bonds is 3. The normalized spacial score (nSPS) is 25.6. The molecule has 0 aliphatic heterocycles. The van der Waals surface area contributed by atoms with Crippen molar-refractivity contribution in [2.24, 2.45) is 5.92 Å². The molecule has 0 bridgehead atoms. The predicted octanol–water partition coefficient (Wildman–Crippen LogP) is 1.57. The van der Waals surface area contributed by atoms with Crippen LogP contribution in [0, 0.1) is 12.8 Å². The first-order chi connectivity index (χ1) is 6.75. The number of aliphatic hydroxyl groups is 1. The molecule has 1 fully saturated rings. The van der Waals surface area contributed by atoms with Gasteiger partial charge in [0.1, 0.15) is 0 Å². The first-order valence-electron chi connectivity index (χ1n) is 5.08. The van der Waals surface area contributed by atoms with Gasteiger partial charge in [-0.3, -0.25) is 4.98 Å². The maximum Gasteiger partial charge on any atom is 0.0546 e. The van der Waals surface area contributed by atoms with Crippen molar-refractivity contribution < 1.29 is 5.11 Å². The van der Waals surface area contributed by atoms with Crippen molar-refractivity contribution in [1.29, 1.82) is 0 Å². The van der Waals surface area contributed by atoms with E-state index in [0.29, 0.717) is 5.92 Å². The summed E-state index contributed by atoms with van der Waals surface area (Å²) in [6, 6.07) is 1.99. The van der Waals surface area contributed by atoms with Gasteiger partial charge in [-0.25, -0.2) is 0 Å². The summed E-state index contributed by atoms with van der Waals surface area (Å²) in [5.74, 6) is 0.637. The molecule has 1 aromatic heterocycles. The monoisotopic (exact) mass is 192 g/mol. The molecule has 2 N–H and O–H groups in total. The summed E-state index contributed by atoms with van der Waals surface area (Å²) in [5, 5.41) is 12.5. The number of aryl methyl sites for hydroxylation is 1. The number of hydrogen-bond donors (Lipinski definition) is 2. The molecule has 0 aromatic carbocycles. The van der Waals surface area contributed by atoms with Crippen molar-refractivity contribution in [3.8, 4) is 0 Å². The van der Waals surface area contributed by atoms with Crippen molar-refractivity contribution in [2.75, 3.05) is 11.9 Å². The lowest BCUT2D eigenvalue weighted by atomic mass is 9.82. The predicted molar refractivity (Wildman–Crippen MR) is 56.2 cm³/mol. The molecule has 1 heterocycles. The van der Waals surface area contributed by atoms with Gasteiger partial charge in [0.2, 0.25) is 0 Å². The Kier molecular flexibility index (Phi) is 2.68. The van der Waals surface area contributed by atoms with Gasteiger partial charge in [-0.05, 0) is 37.3 Å². The zero-order chi connectivity index (χ0) is 9.97. The van der Waals surface area contributed by atoms with Crippen LogP contribution >= 0.6 is 0 Å². The molecule has 0 atom stereocenters. The van der Waals surface area contributed by atoms with Gasteiger partial charge in [0, 0.05) is 24.6 Å². The van der Waals surface area contributed by atoms with Crippen LogP contribution < -0.4 is 5.32 Å². The Hall–Kier alpha value is -1.09. The molecule has 3 heteroatoms. The summed E-state index contributed by atoms with van der Waals surface area (Å²) in [7, 11) is 0. The highest BCUT2D eigenvalue weighted by Crippen LogP contribution is 2.27. The Labute approximate surface area is 84.2 Å². The quantitative estimate of drug-likeness (QED) is 0.764. The van der Waals surface area contributed by atoms with Gasteiger partial charge >= 0.3 is 0 Å². The maximum absolute atomic E-state index is 9.13. The lowest BCUT2D eigenvalue weighted by Gasteiger charge is -2.31. The van der Waals surface area contributed by atoms with Crippen LogP contribution in [0.4, 0.5) is 5.69 Å². The number of nitrogens with one attached hydrogen (secondary N) is 1. The molecule has 14 heavy (non-hydrogen) atoms. The first-order valence-corrected chi connectivity index (χ1v) is 5.08. The topological polar surface area (TPSA) is 45.2 Å². The third-order valence-corrected chi connectivity index (χ3v) is 2.81. The molecule has 0 radical (unpaired) electrons. The highest BCUT2D eigenvalue weighted by molar-refractivity contribution is 5.48. The van der Waals surface area contributed by atoms with Crippen molar-refractivity contribution in [1.82, 2.24) is 4.98 Å². The van der Waals surface area contributed by atoms with Crippen LogP contribution in [-0.4, -0.2) is 22.7 Å². The van der Waals surface area contributed by atoms with Gasteiger partial charge in [0.15, 0.2) is 0 Å². The van der Waals surface area contributed by atoms with Crippen molar-refractivity contribution in [2.45, 2.75) is 25.9 Å². The van der Waals surface area contributed by atoms with Crippen LogP contribution in [-0.2, 0) is 0 Å². The number of pyridine rings is 1. The Bertz CT molecular complexity index is 308. The first kappa shape index (κ1) is 9.46. The minimum absolute atomic E-state index is 0.0552. The number of anilines is 1. The van der Waals surface area contributed by atoms with Crippen LogP contribution in [0.5, 0.6) is 0 Å². The van der Waals surface area contributed by atoms with Crippen LogP contribution in [0.25, 0.3) is 0 Å². The van der Waals surface area contributed by atoms with Gasteiger partial charge in [-0.1, -0.05) is 0 Å². The second kappa shape index (κ2) is 3.96. The lowest BCUT2D eigenvalue weighted by Crippen LogP contribution is -2.33. The Morgan fingerprint density at radius 3 is 3.00 bits per heavy atom. The Balaban J connectivity index is 1.83. The smallest absolute Gasteiger partial charge is 0.0546 e. The lowest BCUT2D eigenvalue weighted by molar-refractivity contribution is 0.0487. The molecular weight excluding hydrogens is 176 g/mol. The van der Waals surface area contributed by atoms with Gasteiger partial charge in [0.25, 0.3) is 0 Å². The van der Waals surface area contributed by atoms with E-state index in [9.17, 15) is 0 Å². The van der Waals surface area contributed by atoms with E-state index in [1.165, 1.54) is 5.56 Å². The van der Waals surface area contributed by atoms with E-state index in [0.717, 1.165) is 25.1 Å². The Morgan fingerprint density at radius 1 is 1.57 bits per heavy atom. The zero-order valence-corrected chi connectivity index (χ0v) is 8.40. The van der Waals surface area contributed by atoms with Crippen LogP contribution in [0.2, 0.25) is 0 Å². The summed E-state index contributed by atoms with van der Waals surface area (Å²) in [6.45, 7) is 3.01. The molecule has 1 saturated carbocycles. The van der Waals surface area contributed by atoms with E-state index in [2.05, 4.69) is 10.3 Å². The fourth-order valence-corrected chi connectivity index (χ4v) is 1.79. The van der Waals surface area contributed by atoms with Gasteiger partial charge < -0.3 is 10.4 Å². The summed E-state index contributed by atoms with van der Waals surface area (Å²) >= 11 is 0. The molecular formula is C11H16N2O. The van der Waals surface area contributed by atoms with E-state index in [1.54, 1.807) is 6.20 Å². The number of hydrogen-bond acceptors (Lipinski definition) is 3. The third kappa shape index (κ3) is 2.04. The molecule has 1 aromatic rings. The highest BCUT2D eigenvalue weighted by Gasteiger charge is 2.26. The largest absolute Gasteiger partial charge is 0.393 e. The van der Waals surface area contributed by atoms with Gasteiger partial charge in [0.05, 0.1) is 6.10 Å². The molecule has 0 spiro atoms. The maximum atomic E-state index is 9.13. The van der Waals surface area contributed by atoms with Crippen LogP contribution in [0.1, 0.15) is 18.4 Å². The van der Waals surface area contributed by atoms with Crippen molar-refractivity contribution in [3.05, 3.63) is 24.0 Å². The minimum Gasteiger partial charge on any atom is -0.393 e. The second-order valence-electron chi connectivity index (χ2n) is 4.06. The minimum atomic E-state index is -0.0552. The molecule has 76 valence electrons. The zero-order valence-electron chi connectivity index (χ0n) is 8.40. The summed E-state index contributed by atoms with van der Waals surface area (Å²) in [4.78, 5) is 4.04. The number of nitrogens with zero attached hydrogens (tertiary/aromatic N) is 1. The van der Waals surface area contributed by atoms with Gasteiger partial charge in [-0.2, -0.15) is 0 Å². The summed E-state index contributed by atoms with van der Waals surface area (Å²) in [5.41, 5.74) is 2.33. The average Bonchev–Trinajstić information content (AvgIpc) is 2.13. The third-order valence-electron chi connectivity index (χ3n) is 2.81. The summed E-state index contributed by atoms with van der Waals surface area (Å²) in [6.07, 6.45) is 5.48. The molecule has 0 saturated heterocycles. The fourth-order valence-electron chi connectivity index (χ4n) is 1.79. The SMILES string of the molecule is Cc1cnccc1NCC1CC(O)C1. The fraction of sp³-hybridized carbons (Fsp3) is 0.545. The van der Waals surface area contributed by atoms with E-state index >= 15 is 0 Å². The van der Waals surface area contributed by atoms with E-state index < -0.39 is 0 Å². The van der Waals surface area contributed by atoms with Crippen molar-refractivity contribution in [3.63, 3.8) is 0 Å². The number of aliphatic hydroxyl groups excluding tert-OH is 1. The molecule has 1 aliphatic rings. The Morgan fingerprint density at radius 2 is 2.36 bits per heavy atom.